The Kier molecular flexibility index (Phi) is 7.99. The summed E-state index contributed by atoms with van der Waals surface area (Å²) < 4.78 is 1.73. The number of benzene rings is 2. The van der Waals surface area contributed by atoms with E-state index in [-0.39, 0.29) is 30.0 Å². The van der Waals surface area contributed by atoms with Crippen LogP contribution in [-0.4, -0.2) is 75.9 Å². The standard InChI is InChI=1S/C24H27N7O3S/c1-29-17-26-28-24(29)35-16-21(32)27-19-7-5-6-18(14-19)23(34)25-15-22(33)31-12-10-30(11-13-31)20-8-3-2-4-9-20/h2-9,14,17H,10-13,15-16H2,1H3,(H,25,34)(H,27,32). The van der Waals surface area contributed by atoms with E-state index in [0.29, 0.717) is 29.5 Å². The van der Waals surface area contributed by atoms with Gasteiger partial charge in [-0.1, -0.05) is 36.0 Å². The molecule has 0 unspecified atom stereocenters. The molecule has 0 aliphatic carbocycles. The molecule has 0 radical (unpaired) electrons. The Morgan fingerprint density at radius 1 is 1.00 bits per heavy atom. The molecule has 35 heavy (non-hydrogen) atoms. The van der Waals surface area contributed by atoms with Crippen molar-refractivity contribution in [1.29, 1.82) is 0 Å². The fourth-order valence-electron chi connectivity index (χ4n) is 3.69. The second-order valence-electron chi connectivity index (χ2n) is 8.03. The van der Waals surface area contributed by atoms with Gasteiger partial charge in [-0.05, 0) is 30.3 Å². The number of thioether (sulfide) groups is 1. The fourth-order valence-corrected chi connectivity index (χ4v) is 4.38. The zero-order valence-electron chi connectivity index (χ0n) is 19.4. The number of nitrogens with zero attached hydrogens (tertiary/aromatic N) is 5. The summed E-state index contributed by atoms with van der Waals surface area (Å²) in [4.78, 5) is 41.5. The molecule has 182 valence electrons. The van der Waals surface area contributed by atoms with Gasteiger partial charge < -0.3 is 25.0 Å². The Hall–Kier alpha value is -3.86. The Labute approximate surface area is 207 Å². The van der Waals surface area contributed by atoms with Crippen LogP contribution in [0.15, 0.2) is 66.1 Å². The Bertz CT molecular complexity index is 1180. The lowest BCUT2D eigenvalue weighted by Crippen LogP contribution is -2.51. The molecular formula is C24H27N7O3S. The van der Waals surface area contributed by atoms with Crippen LogP contribution in [0.4, 0.5) is 11.4 Å². The van der Waals surface area contributed by atoms with Crippen LogP contribution in [-0.2, 0) is 16.6 Å². The average molecular weight is 494 g/mol. The minimum atomic E-state index is -0.370. The van der Waals surface area contributed by atoms with E-state index < -0.39 is 0 Å². The van der Waals surface area contributed by atoms with Crippen LogP contribution in [0.2, 0.25) is 0 Å². The number of hydrogen-bond donors (Lipinski definition) is 2. The van der Waals surface area contributed by atoms with Gasteiger partial charge in [-0.15, -0.1) is 10.2 Å². The van der Waals surface area contributed by atoms with Crippen LogP contribution in [0, 0.1) is 0 Å². The van der Waals surface area contributed by atoms with Gasteiger partial charge in [-0.25, -0.2) is 0 Å². The van der Waals surface area contributed by atoms with Gasteiger partial charge >= 0.3 is 0 Å². The predicted octanol–water partition coefficient (Wildman–Crippen LogP) is 1.62. The molecule has 1 aromatic heterocycles. The molecule has 0 saturated carbocycles. The molecule has 1 aliphatic rings. The van der Waals surface area contributed by atoms with Gasteiger partial charge in [-0.3, -0.25) is 14.4 Å². The van der Waals surface area contributed by atoms with Crippen molar-refractivity contribution in [2.45, 2.75) is 5.16 Å². The lowest BCUT2D eigenvalue weighted by atomic mass is 10.2. The maximum absolute atomic E-state index is 12.6. The predicted molar refractivity (Wildman–Crippen MR) is 134 cm³/mol. The largest absolute Gasteiger partial charge is 0.368 e. The molecule has 1 fully saturated rings. The minimum absolute atomic E-state index is 0.0743. The Morgan fingerprint density at radius 3 is 2.49 bits per heavy atom. The number of carbonyl (C=O) groups is 3. The second-order valence-corrected chi connectivity index (χ2v) is 8.97. The Morgan fingerprint density at radius 2 is 1.77 bits per heavy atom. The van der Waals surface area contributed by atoms with Crippen molar-refractivity contribution >= 4 is 40.9 Å². The normalized spacial score (nSPS) is 13.4. The van der Waals surface area contributed by atoms with Crippen molar-refractivity contribution in [3.8, 4) is 0 Å². The first kappa shape index (κ1) is 24.3. The lowest BCUT2D eigenvalue weighted by molar-refractivity contribution is -0.130. The third-order valence-corrected chi connectivity index (χ3v) is 6.60. The van der Waals surface area contributed by atoms with Crippen LogP contribution < -0.4 is 15.5 Å². The number of hydrogen-bond acceptors (Lipinski definition) is 7. The molecule has 4 rings (SSSR count). The van der Waals surface area contributed by atoms with E-state index in [2.05, 4.69) is 37.9 Å². The number of aromatic nitrogens is 3. The monoisotopic (exact) mass is 493 g/mol. The minimum Gasteiger partial charge on any atom is -0.368 e. The van der Waals surface area contributed by atoms with Gasteiger partial charge in [0.2, 0.25) is 11.8 Å². The molecule has 1 saturated heterocycles. The van der Waals surface area contributed by atoms with E-state index in [4.69, 9.17) is 0 Å². The number of rotatable bonds is 8. The number of aryl methyl sites for hydroxylation is 1. The van der Waals surface area contributed by atoms with Crippen molar-refractivity contribution in [1.82, 2.24) is 25.0 Å². The molecule has 0 atom stereocenters. The van der Waals surface area contributed by atoms with E-state index >= 15 is 0 Å². The van der Waals surface area contributed by atoms with E-state index in [0.717, 1.165) is 18.8 Å². The molecule has 2 N–H and O–H groups in total. The number of carbonyl (C=O) groups excluding carboxylic acids is 3. The quantitative estimate of drug-likeness (QED) is 0.459. The first-order chi connectivity index (χ1) is 17.0. The van der Waals surface area contributed by atoms with Crippen molar-refractivity contribution in [3.05, 3.63) is 66.5 Å². The summed E-state index contributed by atoms with van der Waals surface area (Å²) in [6, 6.07) is 16.7. The number of nitrogens with one attached hydrogen (secondary N) is 2. The summed E-state index contributed by atoms with van der Waals surface area (Å²) in [5.74, 6) is -0.544. The van der Waals surface area contributed by atoms with Crippen molar-refractivity contribution in [2.75, 3.05) is 48.7 Å². The van der Waals surface area contributed by atoms with E-state index in [9.17, 15) is 14.4 Å². The summed E-state index contributed by atoms with van der Waals surface area (Å²) in [6.45, 7) is 2.64. The fraction of sp³-hybridized carbons (Fsp3) is 0.292. The molecule has 10 nitrogen and oxygen atoms in total. The maximum atomic E-state index is 12.6. The van der Waals surface area contributed by atoms with Crippen molar-refractivity contribution in [3.63, 3.8) is 0 Å². The molecular weight excluding hydrogens is 466 g/mol. The zero-order chi connectivity index (χ0) is 24.6. The van der Waals surface area contributed by atoms with Crippen LogP contribution in [0.3, 0.4) is 0 Å². The summed E-state index contributed by atoms with van der Waals surface area (Å²) in [5, 5.41) is 13.8. The second kappa shape index (κ2) is 11.5. The lowest BCUT2D eigenvalue weighted by Gasteiger charge is -2.36. The Balaban J connectivity index is 1.22. The van der Waals surface area contributed by atoms with Gasteiger partial charge in [0.15, 0.2) is 5.16 Å². The molecule has 11 heteroatoms. The van der Waals surface area contributed by atoms with E-state index in [1.54, 1.807) is 47.1 Å². The zero-order valence-corrected chi connectivity index (χ0v) is 20.2. The van der Waals surface area contributed by atoms with Gasteiger partial charge in [0, 0.05) is 50.2 Å². The van der Waals surface area contributed by atoms with E-state index in [1.165, 1.54) is 11.8 Å². The molecule has 0 spiro atoms. The number of para-hydroxylation sites is 1. The summed E-state index contributed by atoms with van der Waals surface area (Å²) >= 11 is 1.27. The van der Waals surface area contributed by atoms with Crippen molar-refractivity contribution < 1.29 is 14.4 Å². The first-order valence-corrected chi connectivity index (χ1v) is 12.2. The summed E-state index contributed by atoms with van der Waals surface area (Å²) in [7, 11) is 1.80. The highest BCUT2D eigenvalue weighted by atomic mass is 32.2. The highest BCUT2D eigenvalue weighted by molar-refractivity contribution is 7.99. The molecule has 2 heterocycles. The van der Waals surface area contributed by atoms with Crippen molar-refractivity contribution in [2.24, 2.45) is 7.05 Å². The molecule has 3 amide bonds. The first-order valence-electron chi connectivity index (χ1n) is 11.2. The van der Waals surface area contributed by atoms with Crippen LogP contribution >= 0.6 is 11.8 Å². The molecule has 0 bridgehead atoms. The molecule has 3 aromatic rings. The van der Waals surface area contributed by atoms with Crippen LogP contribution in [0.1, 0.15) is 10.4 Å². The third kappa shape index (κ3) is 6.60. The molecule has 2 aromatic carbocycles. The van der Waals surface area contributed by atoms with Crippen LogP contribution in [0.5, 0.6) is 0 Å². The summed E-state index contributed by atoms with van der Waals surface area (Å²) in [6.07, 6.45) is 1.57. The smallest absolute Gasteiger partial charge is 0.251 e. The highest BCUT2D eigenvalue weighted by Crippen LogP contribution is 2.17. The van der Waals surface area contributed by atoms with Gasteiger partial charge in [0.05, 0.1) is 12.3 Å². The summed E-state index contributed by atoms with van der Waals surface area (Å²) in [5.41, 5.74) is 2.02. The third-order valence-electron chi connectivity index (χ3n) is 5.56. The van der Waals surface area contributed by atoms with Gasteiger partial charge in [-0.2, -0.15) is 0 Å². The number of anilines is 2. The van der Waals surface area contributed by atoms with Crippen LogP contribution in [0.25, 0.3) is 0 Å². The maximum Gasteiger partial charge on any atom is 0.251 e. The SMILES string of the molecule is Cn1cnnc1SCC(=O)Nc1cccc(C(=O)NCC(=O)N2CCN(c3ccccc3)CC2)c1. The van der Waals surface area contributed by atoms with Gasteiger partial charge in [0.25, 0.3) is 5.91 Å². The molecule has 1 aliphatic heterocycles. The van der Waals surface area contributed by atoms with Gasteiger partial charge in [0.1, 0.15) is 6.33 Å². The average Bonchev–Trinajstić information content (AvgIpc) is 3.31. The number of piperazine rings is 1. The highest BCUT2D eigenvalue weighted by Gasteiger charge is 2.21. The van der Waals surface area contributed by atoms with E-state index in [1.807, 2.05) is 18.2 Å². The number of amides is 3. The topological polar surface area (TPSA) is 112 Å².